The molecule has 28 heavy (non-hydrogen) atoms. The van der Waals surface area contributed by atoms with Crippen molar-refractivity contribution in [2.24, 2.45) is 0 Å². The van der Waals surface area contributed by atoms with Gasteiger partial charge in [0, 0.05) is 27.0 Å². The Bertz CT molecular complexity index is 1510. The fraction of sp³-hybridized carbons (Fsp3) is 0. The number of rotatable bonds is 1. The van der Waals surface area contributed by atoms with Crippen LogP contribution < -0.4 is 11.2 Å². The van der Waals surface area contributed by atoms with Gasteiger partial charge in [0.25, 0.3) is 0 Å². The van der Waals surface area contributed by atoms with E-state index in [-0.39, 0.29) is 22.5 Å². The quantitative estimate of drug-likeness (QED) is 0.295. The Labute approximate surface area is 166 Å². The van der Waals surface area contributed by atoms with Crippen molar-refractivity contribution in [3.63, 3.8) is 0 Å². The number of aromatic amines is 1. The van der Waals surface area contributed by atoms with Gasteiger partial charge in [-0.3, -0.25) is 4.79 Å². The zero-order chi connectivity index (χ0) is 19.4. The van der Waals surface area contributed by atoms with Gasteiger partial charge in [0.2, 0.25) is 5.71 Å². The third-order valence-electron chi connectivity index (χ3n) is 4.73. The van der Waals surface area contributed by atoms with Gasteiger partial charge in [0.1, 0.15) is 23.0 Å². The van der Waals surface area contributed by atoms with E-state index in [1.54, 1.807) is 6.07 Å². The standard InChI is InChI=1S/C21H11BrN4O2/c22-11-3-1-10(2-4-11)16-8-14-13-6-5-12(27)7-17(13)28-21-18(14)19(25-16)15(9-23)20(24)26-21/h1-8,25H,(H2,24,26). The Morgan fingerprint density at radius 3 is 2.64 bits per heavy atom. The van der Waals surface area contributed by atoms with Crippen LogP contribution in [0.4, 0.5) is 5.82 Å². The first kappa shape index (κ1) is 16.5. The minimum absolute atomic E-state index is 0.0712. The van der Waals surface area contributed by atoms with Crippen LogP contribution in [0.25, 0.3) is 44.2 Å². The molecule has 0 aliphatic carbocycles. The van der Waals surface area contributed by atoms with Gasteiger partial charge in [0.15, 0.2) is 5.43 Å². The summed E-state index contributed by atoms with van der Waals surface area (Å²) in [5.74, 6) is 0.0712. The number of nitrogen functional groups attached to an aromatic ring is 1. The van der Waals surface area contributed by atoms with Crippen LogP contribution in [0.2, 0.25) is 0 Å². The topological polar surface area (TPSA) is 109 Å². The average Bonchev–Trinajstić information content (AvgIpc) is 2.68. The molecular weight excluding hydrogens is 420 g/mol. The number of nitrogens with one attached hydrogen (secondary N) is 1. The van der Waals surface area contributed by atoms with Gasteiger partial charge in [-0.05, 0) is 35.9 Å². The average molecular weight is 431 g/mol. The number of hydrogen-bond acceptors (Lipinski definition) is 5. The number of nitrogens with two attached hydrogens (primary N) is 1. The van der Waals surface area contributed by atoms with E-state index in [1.807, 2.05) is 30.3 Å². The van der Waals surface area contributed by atoms with Gasteiger partial charge in [-0.2, -0.15) is 10.2 Å². The monoisotopic (exact) mass is 430 g/mol. The molecule has 3 heterocycles. The van der Waals surface area contributed by atoms with Crippen molar-refractivity contribution in [1.82, 2.24) is 9.97 Å². The SMILES string of the molecule is N#Cc1c(N)nc2oc3cc(=O)ccc3c3cc(-c4ccc(Br)cc4)[nH]c1c23. The molecule has 3 aromatic heterocycles. The highest BCUT2D eigenvalue weighted by Crippen LogP contribution is 2.36. The fourth-order valence-electron chi connectivity index (χ4n) is 3.44. The normalized spacial score (nSPS) is 11.3. The molecule has 7 heteroatoms. The minimum Gasteiger partial charge on any atom is -0.437 e. The molecule has 3 N–H and O–H groups in total. The molecule has 5 rings (SSSR count). The minimum atomic E-state index is -0.157. The molecule has 0 fully saturated rings. The summed E-state index contributed by atoms with van der Waals surface area (Å²) in [6.45, 7) is 0. The fourth-order valence-corrected chi connectivity index (χ4v) is 3.71. The van der Waals surface area contributed by atoms with Gasteiger partial charge in [-0.25, -0.2) is 0 Å². The third-order valence-corrected chi connectivity index (χ3v) is 5.26. The molecule has 0 radical (unpaired) electrons. The van der Waals surface area contributed by atoms with Gasteiger partial charge in [-0.15, -0.1) is 0 Å². The number of H-pyrrole nitrogens is 1. The molecule has 0 saturated heterocycles. The first-order valence-corrected chi connectivity index (χ1v) is 9.19. The van der Waals surface area contributed by atoms with Crippen molar-refractivity contribution in [3.8, 4) is 17.3 Å². The van der Waals surface area contributed by atoms with Crippen LogP contribution in [-0.4, -0.2) is 9.97 Å². The zero-order valence-electron chi connectivity index (χ0n) is 14.3. The van der Waals surface area contributed by atoms with Gasteiger partial charge >= 0.3 is 0 Å². The van der Waals surface area contributed by atoms with E-state index >= 15 is 0 Å². The van der Waals surface area contributed by atoms with E-state index in [0.29, 0.717) is 16.5 Å². The van der Waals surface area contributed by atoms with E-state index in [0.717, 1.165) is 26.5 Å². The van der Waals surface area contributed by atoms with Crippen LogP contribution >= 0.6 is 15.9 Å². The summed E-state index contributed by atoms with van der Waals surface area (Å²) in [5.41, 5.74) is 9.10. The highest BCUT2D eigenvalue weighted by atomic mass is 79.9. The van der Waals surface area contributed by atoms with Gasteiger partial charge in [-0.1, -0.05) is 28.1 Å². The van der Waals surface area contributed by atoms with Gasteiger partial charge < -0.3 is 15.1 Å². The lowest BCUT2D eigenvalue weighted by Crippen LogP contribution is -2.01. The smallest absolute Gasteiger partial charge is 0.231 e. The number of nitriles is 1. The summed E-state index contributed by atoms with van der Waals surface area (Å²) in [6, 6.07) is 16.6. The van der Waals surface area contributed by atoms with Gasteiger partial charge in [0.05, 0.1) is 10.9 Å². The lowest BCUT2D eigenvalue weighted by molar-refractivity contribution is 0.647. The number of fused-ring (bicyclic) bond motifs is 2. The molecule has 0 saturated carbocycles. The number of pyridine rings is 2. The van der Waals surface area contributed by atoms with E-state index in [4.69, 9.17) is 10.2 Å². The Morgan fingerprint density at radius 2 is 1.89 bits per heavy atom. The van der Waals surface area contributed by atoms with Crippen molar-refractivity contribution < 1.29 is 4.42 Å². The van der Waals surface area contributed by atoms with Crippen molar-refractivity contribution in [2.45, 2.75) is 0 Å². The van der Waals surface area contributed by atoms with Crippen molar-refractivity contribution >= 4 is 54.7 Å². The molecule has 0 spiro atoms. The summed E-state index contributed by atoms with van der Waals surface area (Å²) >= 11 is 3.44. The van der Waals surface area contributed by atoms with Crippen LogP contribution in [0.3, 0.4) is 0 Å². The van der Waals surface area contributed by atoms with E-state index in [9.17, 15) is 10.1 Å². The summed E-state index contributed by atoms with van der Waals surface area (Å²) < 4.78 is 6.81. The maximum Gasteiger partial charge on any atom is 0.231 e. The number of benzene rings is 2. The largest absolute Gasteiger partial charge is 0.437 e. The number of anilines is 1. The molecule has 0 bridgehead atoms. The first-order valence-electron chi connectivity index (χ1n) is 8.40. The highest BCUT2D eigenvalue weighted by Gasteiger charge is 2.18. The van der Waals surface area contributed by atoms with E-state index < -0.39 is 0 Å². The molecule has 0 aliphatic rings. The lowest BCUT2D eigenvalue weighted by Gasteiger charge is -2.13. The number of nitrogens with zero attached hydrogens (tertiary/aromatic N) is 2. The zero-order valence-corrected chi connectivity index (χ0v) is 15.9. The van der Waals surface area contributed by atoms with Crippen LogP contribution in [-0.2, 0) is 0 Å². The second-order valence-electron chi connectivity index (χ2n) is 6.40. The van der Waals surface area contributed by atoms with Crippen LogP contribution in [0.1, 0.15) is 5.56 Å². The molecule has 0 unspecified atom stereocenters. The van der Waals surface area contributed by atoms with Crippen LogP contribution in [0.15, 0.2) is 62.2 Å². The Balaban J connectivity index is 2.03. The van der Waals surface area contributed by atoms with Crippen molar-refractivity contribution in [1.29, 1.82) is 5.26 Å². The Kier molecular flexibility index (Phi) is 3.51. The lowest BCUT2D eigenvalue weighted by atomic mass is 10.0. The molecule has 0 amide bonds. The number of hydrogen-bond donors (Lipinski definition) is 2. The van der Waals surface area contributed by atoms with E-state index in [1.165, 1.54) is 12.1 Å². The first-order chi connectivity index (χ1) is 13.5. The molecule has 0 atom stereocenters. The molecule has 2 aromatic carbocycles. The maximum absolute atomic E-state index is 11.8. The Morgan fingerprint density at radius 1 is 1.11 bits per heavy atom. The second kappa shape index (κ2) is 5.94. The molecule has 5 aromatic rings. The summed E-state index contributed by atoms with van der Waals surface area (Å²) in [4.78, 5) is 19.4. The van der Waals surface area contributed by atoms with E-state index in [2.05, 4.69) is 32.0 Å². The van der Waals surface area contributed by atoms with Crippen molar-refractivity contribution in [3.05, 3.63) is 68.8 Å². The van der Waals surface area contributed by atoms with Crippen LogP contribution in [0.5, 0.6) is 0 Å². The summed E-state index contributed by atoms with van der Waals surface area (Å²) in [7, 11) is 0. The predicted molar refractivity (Wildman–Crippen MR) is 112 cm³/mol. The number of aromatic nitrogens is 2. The predicted octanol–water partition coefficient (Wildman–Crippen LogP) is 4.71. The maximum atomic E-state index is 11.8. The van der Waals surface area contributed by atoms with Crippen molar-refractivity contribution in [2.75, 3.05) is 5.73 Å². The summed E-state index contributed by atoms with van der Waals surface area (Å²) in [6.07, 6.45) is 0. The second-order valence-corrected chi connectivity index (χ2v) is 7.32. The number of halogens is 1. The molecular formula is C21H11BrN4O2. The highest BCUT2D eigenvalue weighted by molar-refractivity contribution is 9.10. The molecule has 6 nitrogen and oxygen atoms in total. The third kappa shape index (κ3) is 2.39. The molecule has 134 valence electrons. The van der Waals surface area contributed by atoms with Crippen LogP contribution in [0, 0.1) is 11.3 Å². The molecule has 0 aliphatic heterocycles. The Hall–Kier alpha value is -3.63. The summed E-state index contributed by atoms with van der Waals surface area (Å²) in [5, 5.41) is 11.9.